The number of hydrogen-bond acceptors (Lipinski definition) is 5. The van der Waals surface area contributed by atoms with Gasteiger partial charge in [-0.1, -0.05) is 12.1 Å². The third-order valence-corrected chi connectivity index (χ3v) is 3.31. The van der Waals surface area contributed by atoms with E-state index in [1.54, 1.807) is 47.6 Å². The molecule has 0 radical (unpaired) electrons. The molecule has 0 aliphatic carbocycles. The van der Waals surface area contributed by atoms with E-state index >= 15 is 0 Å². The predicted molar refractivity (Wildman–Crippen MR) is 73.2 cm³/mol. The first-order valence-corrected chi connectivity index (χ1v) is 6.37. The van der Waals surface area contributed by atoms with Crippen molar-refractivity contribution in [3.63, 3.8) is 0 Å². The van der Waals surface area contributed by atoms with E-state index in [0.717, 1.165) is 5.56 Å². The van der Waals surface area contributed by atoms with Crippen LogP contribution in [0.1, 0.15) is 11.6 Å². The molecule has 0 spiro atoms. The van der Waals surface area contributed by atoms with E-state index in [1.165, 1.54) is 0 Å². The van der Waals surface area contributed by atoms with Crippen LogP contribution in [0.25, 0.3) is 0 Å². The van der Waals surface area contributed by atoms with E-state index in [4.69, 9.17) is 0 Å². The number of aromatic nitrogens is 2. The Labute approximate surface area is 116 Å². The number of piperazine rings is 1. The summed E-state index contributed by atoms with van der Waals surface area (Å²) in [7, 11) is 0. The highest BCUT2D eigenvalue weighted by molar-refractivity contribution is 5.99. The highest BCUT2D eigenvalue weighted by Crippen LogP contribution is 2.30. The molecule has 1 amide bonds. The van der Waals surface area contributed by atoms with Crippen molar-refractivity contribution < 1.29 is 9.90 Å². The monoisotopic (exact) mass is 270 g/mol. The van der Waals surface area contributed by atoms with E-state index in [0.29, 0.717) is 18.8 Å². The lowest BCUT2D eigenvalue weighted by Gasteiger charge is -2.33. The fraction of sp³-hybridized carbons (Fsp3) is 0.214. The van der Waals surface area contributed by atoms with Crippen LogP contribution in [0.15, 0.2) is 42.7 Å². The van der Waals surface area contributed by atoms with Gasteiger partial charge < -0.3 is 15.3 Å². The Kier molecular flexibility index (Phi) is 3.30. The SMILES string of the molecule is O=C1C(c2ccnnc2)NCCN1c1ccccc1O. The van der Waals surface area contributed by atoms with Gasteiger partial charge in [-0.3, -0.25) is 4.79 Å². The summed E-state index contributed by atoms with van der Waals surface area (Å²) in [6.45, 7) is 1.17. The van der Waals surface area contributed by atoms with Gasteiger partial charge >= 0.3 is 0 Å². The van der Waals surface area contributed by atoms with Gasteiger partial charge in [-0.05, 0) is 18.2 Å². The number of carbonyl (C=O) groups is 1. The molecule has 6 nitrogen and oxygen atoms in total. The second-order valence-corrected chi connectivity index (χ2v) is 4.54. The first-order chi connectivity index (χ1) is 9.77. The van der Waals surface area contributed by atoms with Crippen molar-refractivity contribution in [1.82, 2.24) is 15.5 Å². The molecular weight excluding hydrogens is 256 g/mol. The standard InChI is InChI=1S/C14H14N4O2/c19-12-4-2-1-3-11(12)18-8-7-15-13(14(18)20)10-5-6-16-17-9-10/h1-6,9,13,15,19H,7-8H2. The average Bonchev–Trinajstić information content (AvgIpc) is 2.49. The van der Waals surface area contributed by atoms with E-state index in [1.807, 2.05) is 0 Å². The van der Waals surface area contributed by atoms with Crippen LogP contribution < -0.4 is 10.2 Å². The lowest BCUT2D eigenvalue weighted by atomic mass is 10.1. The smallest absolute Gasteiger partial charge is 0.248 e. The van der Waals surface area contributed by atoms with Crippen LogP contribution in [-0.4, -0.2) is 34.3 Å². The molecule has 2 aromatic rings. The number of amides is 1. The number of nitrogens with one attached hydrogen (secondary N) is 1. The van der Waals surface area contributed by atoms with Crippen molar-refractivity contribution in [2.45, 2.75) is 6.04 Å². The molecule has 20 heavy (non-hydrogen) atoms. The number of benzene rings is 1. The molecule has 0 bridgehead atoms. The molecule has 1 aliphatic heterocycles. The van der Waals surface area contributed by atoms with Crippen LogP contribution in [-0.2, 0) is 4.79 Å². The van der Waals surface area contributed by atoms with Crippen molar-refractivity contribution in [2.24, 2.45) is 0 Å². The summed E-state index contributed by atoms with van der Waals surface area (Å²) in [5, 5.41) is 20.6. The zero-order valence-electron chi connectivity index (χ0n) is 10.7. The second-order valence-electron chi connectivity index (χ2n) is 4.54. The number of phenolic OH excluding ortho intramolecular Hbond substituents is 1. The van der Waals surface area contributed by atoms with Crippen molar-refractivity contribution >= 4 is 11.6 Å². The average molecular weight is 270 g/mol. The summed E-state index contributed by atoms with van der Waals surface area (Å²) in [4.78, 5) is 14.2. The minimum atomic E-state index is -0.459. The van der Waals surface area contributed by atoms with Crippen LogP contribution in [0.3, 0.4) is 0 Å². The van der Waals surface area contributed by atoms with Crippen molar-refractivity contribution in [1.29, 1.82) is 0 Å². The second kappa shape index (κ2) is 5.26. The zero-order valence-corrected chi connectivity index (χ0v) is 10.7. The Morgan fingerprint density at radius 2 is 2.10 bits per heavy atom. The fourth-order valence-electron chi connectivity index (χ4n) is 2.34. The number of phenols is 1. The molecule has 6 heteroatoms. The largest absolute Gasteiger partial charge is 0.506 e. The molecular formula is C14H14N4O2. The van der Waals surface area contributed by atoms with Gasteiger partial charge in [0.05, 0.1) is 11.9 Å². The van der Waals surface area contributed by atoms with Gasteiger partial charge in [-0.15, -0.1) is 0 Å². The molecule has 1 aromatic carbocycles. The number of rotatable bonds is 2. The number of para-hydroxylation sites is 2. The summed E-state index contributed by atoms with van der Waals surface area (Å²) in [6, 6.07) is 8.15. The number of anilines is 1. The third kappa shape index (κ3) is 2.21. The Morgan fingerprint density at radius 3 is 2.85 bits per heavy atom. The molecule has 3 rings (SSSR count). The first kappa shape index (κ1) is 12.6. The van der Waals surface area contributed by atoms with Crippen LogP contribution >= 0.6 is 0 Å². The Balaban J connectivity index is 1.92. The van der Waals surface area contributed by atoms with Crippen molar-refractivity contribution in [3.05, 3.63) is 48.3 Å². The van der Waals surface area contributed by atoms with E-state index in [9.17, 15) is 9.90 Å². The quantitative estimate of drug-likeness (QED) is 0.846. The summed E-state index contributed by atoms with van der Waals surface area (Å²) in [5.74, 6) is 0.0000957. The maximum atomic E-state index is 12.6. The van der Waals surface area contributed by atoms with Gasteiger partial charge in [0, 0.05) is 24.8 Å². The molecule has 0 saturated carbocycles. The zero-order chi connectivity index (χ0) is 13.9. The molecule has 1 atom stereocenters. The Hall–Kier alpha value is -2.47. The van der Waals surface area contributed by atoms with Crippen LogP contribution in [0, 0.1) is 0 Å². The molecule has 2 heterocycles. The van der Waals surface area contributed by atoms with Crippen LogP contribution in [0.2, 0.25) is 0 Å². The van der Waals surface area contributed by atoms with Gasteiger partial charge in [0.25, 0.3) is 0 Å². The summed E-state index contributed by atoms with van der Waals surface area (Å²) in [6.07, 6.45) is 3.13. The van der Waals surface area contributed by atoms with Crippen molar-refractivity contribution in [3.8, 4) is 5.75 Å². The van der Waals surface area contributed by atoms with Gasteiger partial charge in [0.15, 0.2) is 0 Å². The number of carbonyl (C=O) groups excluding carboxylic acids is 1. The third-order valence-electron chi connectivity index (χ3n) is 3.31. The molecule has 2 N–H and O–H groups in total. The fourth-order valence-corrected chi connectivity index (χ4v) is 2.34. The molecule has 1 fully saturated rings. The molecule has 1 aliphatic rings. The molecule has 1 saturated heterocycles. The number of hydrogen-bond donors (Lipinski definition) is 2. The lowest BCUT2D eigenvalue weighted by molar-refractivity contribution is -0.121. The summed E-state index contributed by atoms with van der Waals surface area (Å²) >= 11 is 0. The highest BCUT2D eigenvalue weighted by Gasteiger charge is 2.31. The van der Waals surface area contributed by atoms with Gasteiger partial charge in [0.2, 0.25) is 5.91 Å². The highest BCUT2D eigenvalue weighted by atomic mass is 16.3. The lowest BCUT2D eigenvalue weighted by Crippen LogP contribution is -2.50. The topological polar surface area (TPSA) is 78.4 Å². The van der Waals surface area contributed by atoms with Crippen LogP contribution in [0.5, 0.6) is 5.75 Å². The van der Waals surface area contributed by atoms with Gasteiger partial charge in [-0.2, -0.15) is 10.2 Å². The maximum Gasteiger partial charge on any atom is 0.248 e. The van der Waals surface area contributed by atoms with E-state index in [-0.39, 0.29) is 11.7 Å². The van der Waals surface area contributed by atoms with E-state index in [2.05, 4.69) is 15.5 Å². The normalized spacial score (nSPS) is 19.1. The van der Waals surface area contributed by atoms with E-state index < -0.39 is 6.04 Å². The predicted octanol–water partition coefficient (Wildman–Crippen LogP) is 0.860. The molecule has 1 unspecified atom stereocenters. The Bertz CT molecular complexity index is 618. The van der Waals surface area contributed by atoms with Crippen LogP contribution in [0.4, 0.5) is 5.69 Å². The minimum Gasteiger partial charge on any atom is -0.506 e. The van der Waals surface area contributed by atoms with Gasteiger partial charge in [-0.25, -0.2) is 0 Å². The summed E-state index contributed by atoms with van der Waals surface area (Å²) < 4.78 is 0. The first-order valence-electron chi connectivity index (χ1n) is 6.37. The number of nitrogens with zero attached hydrogens (tertiary/aromatic N) is 3. The van der Waals surface area contributed by atoms with Crippen molar-refractivity contribution in [2.75, 3.05) is 18.0 Å². The maximum absolute atomic E-state index is 12.6. The molecule has 102 valence electrons. The number of aromatic hydroxyl groups is 1. The van der Waals surface area contributed by atoms with Gasteiger partial charge in [0.1, 0.15) is 11.8 Å². The Morgan fingerprint density at radius 1 is 1.25 bits per heavy atom. The molecule has 1 aromatic heterocycles. The minimum absolute atomic E-state index is 0.106. The summed E-state index contributed by atoms with van der Waals surface area (Å²) in [5.41, 5.74) is 1.30.